The zero-order valence-electron chi connectivity index (χ0n) is 15.3. The number of hydrogen-bond donors (Lipinski definition) is 1. The molecule has 3 atom stereocenters. The maximum Gasteiger partial charge on any atom is 0.257 e. The lowest BCUT2D eigenvalue weighted by atomic mass is 10.3. The average molecular weight is 367 g/mol. The van der Waals surface area contributed by atoms with E-state index in [4.69, 9.17) is 19.6 Å². The fourth-order valence-electron chi connectivity index (χ4n) is 4.42. The predicted molar refractivity (Wildman–Crippen MR) is 97.3 cm³/mol. The van der Waals surface area contributed by atoms with Crippen LogP contribution in [-0.2, 0) is 11.3 Å². The number of aromatic nitrogens is 6. The highest BCUT2D eigenvalue weighted by atomic mass is 16.5. The van der Waals surface area contributed by atoms with E-state index in [0.29, 0.717) is 36.3 Å². The van der Waals surface area contributed by atoms with Crippen molar-refractivity contribution in [3.8, 4) is 5.88 Å². The number of nitrogens with one attached hydrogen (secondary N) is 1. The average Bonchev–Trinajstić information content (AvgIpc) is 2.97. The molecule has 3 aromatic rings. The number of fused-ring (bicyclic) bond motifs is 3. The van der Waals surface area contributed by atoms with Crippen molar-refractivity contribution in [2.45, 2.75) is 32.9 Å². The molecule has 2 fully saturated rings. The van der Waals surface area contributed by atoms with Gasteiger partial charge in [-0.1, -0.05) is 0 Å². The van der Waals surface area contributed by atoms with Crippen LogP contribution in [0.5, 0.6) is 5.88 Å². The second-order valence-electron chi connectivity index (χ2n) is 7.63. The molecule has 1 saturated carbocycles. The van der Waals surface area contributed by atoms with Crippen LogP contribution in [0.3, 0.4) is 0 Å². The van der Waals surface area contributed by atoms with Crippen LogP contribution in [0.1, 0.15) is 23.9 Å². The van der Waals surface area contributed by atoms with Gasteiger partial charge in [0, 0.05) is 31.0 Å². The van der Waals surface area contributed by atoms with E-state index < -0.39 is 0 Å². The third-order valence-electron chi connectivity index (χ3n) is 5.97. The number of hydrogen-bond acceptors (Lipinski definition) is 7. The standard InChI is InChI=1S/C18H21N7O2/c1-9-11-6-19-18-20-14-10(2)25(15-12-7-26-8-13(12)15)23-17(14)27-5-3-4-24(22-9)16(11)21-18/h6,12-13,15H,3-5,7-8H2,1-2H3,(H,19,20,21)/t12-,13+,15?. The molecule has 0 aromatic carbocycles. The molecule has 3 aromatic heterocycles. The quantitative estimate of drug-likeness (QED) is 0.703. The van der Waals surface area contributed by atoms with Crippen LogP contribution in [-0.4, -0.2) is 49.3 Å². The summed E-state index contributed by atoms with van der Waals surface area (Å²) >= 11 is 0. The summed E-state index contributed by atoms with van der Waals surface area (Å²) in [6.07, 6.45) is 2.67. The molecule has 1 unspecified atom stereocenters. The summed E-state index contributed by atoms with van der Waals surface area (Å²) in [5, 5.41) is 13.7. The van der Waals surface area contributed by atoms with Crippen LogP contribution in [0.4, 0.5) is 11.6 Å². The molecule has 5 heterocycles. The van der Waals surface area contributed by atoms with E-state index in [1.807, 2.05) is 17.8 Å². The van der Waals surface area contributed by atoms with Gasteiger partial charge in [0.1, 0.15) is 5.69 Å². The highest BCUT2D eigenvalue weighted by molar-refractivity contribution is 5.79. The van der Waals surface area contributed by atoms with Gasteiger partial charge >= 0.3 is 0 Å². The largest absolute Gasteiger partial charge is 0.475 e. The normalized spacial score (nSPS) is 26.2. The van der Waals surface area contributed by atoms with Crippen molar-refractivity contribution in [1.29, 1.82) is 0 Å². The molecule has 3 aliphatic rings. The van der Waals surface area contributed by atoms with E-state index >= 15 is 0 Å². The molecule has 9 heteroatoms. The van der Waals surface area contributed by atoms with E-state index in [1.165, 1.54) is 0 Å². The second kappa shape index (κ2) is 5.41. The third kappa shape index (κ3) is 2.21. The molecule has 1 saturated heterocycles. The minimum absolute atomic E-state index is 0.414. The second-order valence-corrected chi connectivity index (χ2v) is 7.63. The number of aryl methyl sites for hydroxylation is 2. The molecule has 0 amide bonds. The number of rotatable bonds is 1. The Balaban J connectivity index is 1.43. The molecule has 9 nitrogen and oxygen atoms in total. The molecule has 0 radical (unpaired) electrons. The van der Waals surface area contributed by atoms with E-state index in [-0.39, 0.29) is 0 Å². The van der Waals surface area contributed by atoms with Gasteiger partial charge < -0.3 is 14.8 Å². The summed E-state index contributed by atoms with van der Waals surface area (Å²) in [5.74, 6) is 2.32. The number of nitrogens with zero attached hydrogens (tertiary/aromatic N) is 6. The Morgan fingerprint density at radius 2 is 2.04 bits per heavy atom. The van der Waals surface area contributed by atoms with Gasteiger partial charge in [0.25, 0.3) is 5.88 Å². The molecular formula is C18H21N7O2. The molecule has 0 spiro atoms. The Morgan fingerprint density at radius 1 is 1.19 bits per heavy atom. The van der Waals surface area contributed by atoms with Crippen LogP contribution in [0.15, 0.2) is 6.20 Å². The lowest BCUT2D eigenvalue weighted by Gasteiger charge is -2.08. The van der Waals surface area contributed by atoms with Crippen LogP contribution in [0.25, 0.3) is 11.0 Å². The van der Waals surface area contributed by atoms with Crippen LogP contribution in [0, 0.1) is 25.7 Å². The minimum Gasteiger partial charge on any atom is -0.475 e. The highest BCUT2D eigenvalue weighted by Gasteiger charge is 2.56. The van der Waals surface area contributed by atoms with E-state index in [2.05, 4.69) is 27.0 Å². The van der Waals surface area contributed by atoms with Gasteiger partial charge in [-0.3, -0.25) is 4.68 Å². The van der Waals surface area contributed by atoms with E-state index in [9.17, 15) is 0 Å². The van der Waals surface area contributed by atoms with E-state index in [0.717, 1.165) is 54.3 Å². The fourth-order valence-corrected chi connectivity index (χ4v) is 4.42. The lowest BCUT2D eigenvalue weighted by molar-refractivity contribution is 0.149. The topological polar surface area (TPSA) is 91.9 Å². The molecule has 27 heavy (non-hydrogen) atoms. The van der Waals surface area contributed by atoms with Crippen molar-refractivity contribution >= 4 is 22.7 Å². The summed E-state index contributed by atoms with van der Waals surface area (Å²) < 4.78 is 15.6. The summed E-state index contributed by atoms with van der Waals surface area (Å²) in [7, 11) is 0. The first-order chi connectivity index (χ1) is 13.2. The summed E-state index contributed by atoms with van der Waals surface area (Å²) in [4.78, 5) is 9.20. The van der Waals surface area contributed by atoms with Crippen molar-refractivity contribution in [2.24, 2.45) is 11.8 Å². The zero-order valence-corrected chi connectivity index (χ0v) is 15.3. The van der Waals surface area contributed by atoms with Crippen molar-refractivity contribution in [3.05, 3.63) is 17.6 Å². The molecule has 1 aliphatic carbocycles. The fraction of sp³-hybridized carbons (Fsp3) is 0.556. The van der Waals surface area contributed by atoms with Crippen molar-refractivity contribution < 1.29 is 9.47 Å². The first-order valence-electron chi connectivity index (χ1n) is 9.47. The Bertz CT molecular complexity index is 1050. The maximum atomic E-state index is 6.04. The first-order valence-corrected chi connectivity index (χ1v) is 9.47. The molecule has 140 valence electrons. The molecule has 1 N–H and O–H groups in total. The first kappa shape index (κ1) is 15.4. The van der Waals surface area contributed by atoms with Gasteiger partial charge in [-0.15, -0.1) is 5.10 Å². The van der Waals surface area contributed by atoms with Gasteiger partial charge in [-0.2, -0.15) is 10.1 Å². The summed E-state index contributed by atoms with van der Waals surface area (Å²) in [6, 6.07) is 0.414. The molecular weight excluding hydrogens is 346 g/mol. The SMILES string of the molecule is Cc1nn2c3nc(ncc13)Nc1c(nn(C3[C@H]4COC[C@@H]34)c1C)OCCC2. The number of ether oxygens (including phenoxy) is 2. The molecule has 6 rings (SSSR count). The van der Waals surface area contributed by atoms with Crippen molar-refractivity contribution in [3.63, 3.8) is 0 Å². The van der Waals surface area contributed by atoms with Gasteiger partial charge in [-0.05, 0) is 13.8 Å². The van der Waals surface area contributed by atoms with Gasteiger partial charge in [0.05, 0.1) is 42.6 Å². The molecule has 2 bridgehead atoms. The van der Waals surface area contributed by atoms with Crippen LogP contribution < -0.4 is 10.1 Å². The molecule has 2 aliphatic heterocycles. The minimum atomic E-state index is 0.414. The van der Waals surface area contributed by atoms with Gasteiger partial charge in [-0.25, -0.2) is 9.67 Å². The Morgan fingerprint density at radius 3 is 2.89 bits per heavy atom. The lowest BCUT2D eigenvalue weighted by Crippen LogP contribution is -2.09. The van der Waals surface area contributed by atoms with Gasteiger partial charge in [0.15, 0.2) is 5.65 Å². The highest BCUT2D eigenvalue weighted by Crippen LogP contribution is 2.55. The summed E-state index contributed by atoms with van der Waals surface area (Å²) in [6.45, 7) is 7.05. The van der Waals surface area contributed by atoms with Crippen molar-refractivity contribution in [1.82, 2.24) is 29.5 Å². The maximum absolute atomic E-state index is 6.04. The summed E-state index contributed by atoms with van der Waals surface area (Å²) in [5.41, 5.74) is 3.70. The van der Waals surface area contributed by atoms with Crippen molar-refractivity contribution in [2.75, 3.05) is 25.1 Å². The Kier molecular flexibility index (Phi) is 3.09. The predicted octanol–water partition coefficient (Wildman–Crippen LogP) is 1.98. The van der Waals surface area contributed by atoms with Crippen LogP contribution >= 0.6 is 0 Å². The van der Waals surface area contributed by atoms with Gasteiger partial charge in [0.2, 0.25) is 5.95 Å². The Hall–Kier alpha value is -2.68. The van der Waals surface area contributed by atoms with Crippen LogP contribution in [0.2, 0.25) is 0 Å². The Labute approximate surface area is 155 Å². The zero-order chi connectivity index (χ0) is 18.1. The van der Waals surface area contributed by atoms with E-state index in [1.54, 1.807) is 0 Å². The smallest absolute Gasteiger partial charge is 0.257 e. The third-order valence-corrected chi connectivity index (χ3v) is 5.97. The number of anilines is 2. The monoisotopic (exact) mass is 367 g/mol.